The smallest absolute Gasteiger partial charge is 0.0645 e. The summed E-state index contributed by atoms with van der Waals surface area (Å²) in [5.74, 6) is 0. The molecule has 1 spiro atoms. The molecule has 21 heavy (non-hydrogen) atoms. The molecule has 0 unspecified atom stereocenters. The van der Waals surface area contributed by atoms with Crippen LogP contribution in [0.1, 0.15) is 45.1 Å². The molecule has 0 amide bonds. The number of fused-ring (bicyclic) bond motifs is 1. The van der Waals surface area contributed by atoms with Crippen molar-refractivity contribution in [1.29, 1.82) is 0 Å². The summed E-state index contributed by atoms with van der Waals surface area (Å²) in [7, 11) is 0. The van der Waals surface area contributed by atoms with E-state index in [0.717, 1.165) is 26.2 Å². The fraction of sp³-hybridized carbons (Fsp3) is 0.667. The Hall–Kier alpha value is -1.06. The highest BCUT2D eigenvalue weighted by atomic mass is 16.5. The van der Waals surface area contributed by atoms with E-state index in [4.69, 9.17) is 4.74 Å². The Morgan fingerprint density at radius 3 is 2.76 bits per heavy atom. The van der Waals surface area contributed by atoms with E-state index >= 15 is 0 Å². The Kier molecular flexibility index (Phi) is 4.51. The lowest BCUT2D eigenvalue weighted by atomic mass is 9.97. The van der Waals surface area contributed by atoms with Gasteiger partial charge < -0.3 is 15.0 Å². The van der Waals surface area contributed by atoms with Crippen LogP contribution in [-0.2, 0) is 11.3 Å². The van der Waals surface area contributed by atoms with Crippen LogP contribution in [0.2, 0.25) is 0 Å². The number of ether oxygens (including phenoxy) is 1. The van der Waals surface area contributed by atoms with Crippen molar-refractivity contribution in [2.24, 2.45) is 0 Å². The topological polar surface area (TPSA) is 24.5 Å². The van der Waals surface area contributed by atoms with Crippen molar-refractivity contribution in [3.05, 3.63) is 29.8 Å². The molecule has 3 heteroatoms. The normalized spacial score (nSPS) is 20.8. The zero-order valence-electron chi connectivity index (χ0n) is 13.4. The summed E-state index contributed by atoms with van der Waals surface area (Å²) in [6.45, 7) is 8.12. The minimum atomic E-state index is 0.311. The van der Waals surface area contributed by atoms with E-state index in [1.165, 1.54) is 36.9 Å². The van der Waals surface area contributed by atoms with Crippen LogP contribution in [0.25, 0.3) is 0 Å². The minimum absolute atomic E-state index is 0.311. The largest absolute Gasteiger partial charge is 0.377 e. The summed E-state index contributed by atoms with van der Waals surface area (Å²) >= 11 is 0. The molecule has 0 aromatic heterocycles. The molecule has 2 aliphatic rings. The van der Waals surface area contributed by atoms with Gasteiger partial charge in [0, 0.05) is 30.9 Å². The summed E-state index contributed by atoms with van der Waals surface area (Å²) in [5, 5.41) is 3.86. The van der Waals surface area contributed by atoms with Gasteiger partial charge in [0.05, 0.1) is 12.7 Å². The van der Waals surface area contributed by atoms with E-state index in [9.17, 15) is 0 Å². The van der Waals surface area contributed by atoms with Crippen molar-refractivity contribution >= 4 is 5.69 Å². The predicted octanol–water partition coefficient (Wildman–Crippen LogP) is 3.33. The number of anilines is 1. The molecule has 1 heterocycles. The summed E-state index contributed by atoms with van der Waals surface area (Å²) < 4.78 is 5.79. The third kappa shape index (κ3) is 3.41. The molecular formula is C18H28N2O. The SMILES string of the molecule is CC(C)OCCN1CC2(CCCC2)NCc2ccccc21. The Morgan fingerprint density at radius 2 is 2.00 bits per heavy atom. The van der Waals surface area contributed by atoms with Crippen molar-refractivity contribution in [3.63, 3.8) is 0 Å². The number of hydrogen-bond donors (Lipinski definition) is 1. The lowest BCUT2D eigenvalue weighted by Crippen LogP contribution is -2.50. The van der Waals surface area contributed by atoms with Gasteiger partial charge in [0.15, 0.2) is 0 Å². The monoisotopic (exact) mass is 288 g/mol. The highest BCUT2D eigenvalue weighted by Gasteiger charge is 2.37. The highest BCUT2D eigenvalue weighted by Crippen LogP contribution is 2.35. The fourth-order valence-corrected chi connectivity index (χ4v) is 3.74. The van der Waals surface area contributed by atoms with Crippen LogP contribution in [0.5, 0.6) is 0 Å². The molecule has 3 nitrogen and oxygen atoms in total. The van der Waals surface area contributed by atoms with Crippen LogP contribution in [-0.4, -0.2) is 31.3 Å². The van der Waals surface area contributed by atoms with Gasteiger partial charge in [0.25, 0.3) is 0 Å². The second-order valence-electron chi connectivity index (χ2n) is 6.81. The number of nitrogens with one attached hydrogen (secondary N) is 1. The van der Waals surface area contributed by atoms with Crippen molar-refractivity contribution in [1.82, 2.24) is 5.32 Å². The van der Waals surface area contributed by atoms with E-state index in [-0.39, 0.29) is 0 Å². The Bertz CT molecular complexity index is 466. The second-order valence-corrected chi connectivity index (χ2v) is 6.81. The molecule has 1 fully saturated rings. The summed E-state index contributed by atoms with van der Waals surface area (Å²) in [4.78, 5) is 2.54. The molecule has 0 radical (unpaired) electrons. The average molecular weight is 288 g/mol. The maximum absolute atomic E-state index is 5.79. The van der Waals surface area contributed by atoms with Crippen LogP contribution in [0.15, 0.2) is 24.3 Å². The molecule has 0 atom stereocenters. The zero-order valence-corrected chi connectivity index (χ0v) is 13.4. The molecule has 0 bridgehead atoms. The van der Waals surface area contributed by atoms with Gasteiger partial charge in [-0.1, -0.05) is 31.0 Å². The maximum Gasteiger partial charge on any atom is 0.0645 e. The molecule has 3 rings (SSSR count). The van der Waals surface area contributed by atoms with Crippen molar-refractivity contribution < 1.29 is 4.74 Å². The van der Waals surface area contributed by atoms with E-state index in [1.807, 2.05) is 0 Å². The van der Waals surface area contributed by atoms with Crippen LogP contribution >= 0.6 is 0 Å². The van der Waals surface area contributed by atoms with Crippen LogP contribution in [0, 0.1) is 0 Å². The Labute approximate surface area is 128 Å². The number of benzene rings is 1. The lowest BCUT2D eigenvalue weighted by Gasteiger charge is -2.35. The van der Waals surface area contributed by atoms with Gasteiger partial charge >= 0.3 is 0 Å². The molecule has 1 aliphatic carbocycles. The van der Waals surface area contributed by atoms with Gasteiger partial charge in [-0.05, 0) is 38.3 Å². The lowest BCUT2D eigenvalue weighted by molar-refractivity contribution is 0.0834. The second kappa shape index (κ2) is 6.37. The predicted molar refractivity (Wildman–Crippen MR) is 87.8 cm³/mol. The third-order valence-electron chi connectivity index (χ3n) is 4.85. The third-order valence-corrected chi connectivity index (χ3v) is 4.85. The van der Waals surface area contributed by atoms with Crippen molar-refractivity contribution in [2.75, 3.05) is 24.6 Å². The van der Waals surface area contributed by atoms with Crippen LogP contribution in [0.3, 0.4) is 0 Å². The molecule has 1 aromatic rings. The van der Waals surface area contributed by atoms with Crippen LogP contribution < -0.4 is 10.2 Å². The highest BCUT2D eigenvalue weighted by molar-refractivity contribution is 5.55. The van der Waals surface area contributed by atoms with E-state index in [0.29, 0.717) is 11.6 Å². The first-order chi connectivity index (χ1) is 10.2. The van der Waals surface area contributed by atoms with E-state index in [2.05, 4.69) is 48.3 Å². The van der Waals surface area contributed by atoms with Gasteiger partial charge in [0.1, 0.15) is 0 Å². The van der Waals surface area contributed by atoms with Crippen molar-refractivity contribution in [3.8, 4) is 0 Å². The molecule has 1 aromatic carbocycles. The minimum Gasteiger partial charge on any atom is -0.377 e. The summed E-state index contributed by atoms with van der Waals surface area (Å²) in [6, 6.07) is 8.82. The number of hydrogen-bond acceptors (Lipinski definition) is 3. The standard InChI is InChI=1S/C18H28N2O/c1-15(2)21-12-11-20-14-18(9-5-6-10-18)19-13-16-7-3-4-8-17(16)20/h3-4,7-8,15,19H,5-6,9-14H2,1-2H3. The Balaban J connectivity index is 1.78. The van der Waals surface area contributed by atoms with Gasteiger partial charge in [-0.25, -0.2) is 0 Å². The van der Waals surface area contributed by atoms with Gasteiger partial charge in [-0.2, -0.15) is 0 Å². The van der Waals surface area contributed by atoms with E-state index < -0.39 is 0 Å². The number of para-hydroxylation sites is 1. The van der Waals surface area contributed by atoms with E-state index in [1.54, 1.807) is 0 Å². The molecule has 1 N–H and O–H groups in total. The molecule has 1 saturated carbocycles. The fourth-order valence-electron chi connectivity index (χ4n) is 3.74. The number of rotatable bonds is 4. The quantitative estimate of drug-likeness (QED) is 0.919. The summed E-state index contributed by atoms with van der Waals surface area (Å²) in [6.07, 6.45) is 5.65. The summed E-state index contributed by atoms with van der Waals surface area (Å²) in [5.41, 5.74) is 3.13. The molecule has 116 valence electrons. The van der Waals surface area contributed by atoms with Gasteiger partial charge in [-0.15, -0.1) is 0 Å². The maximum atomic E-state index is 5.79. The molecule has 1 aliphatic heterocycles. The first-order valence-electron chi connectivity index (χ1n) is 8.38. The van der Waals surface area contributed by atoms with Gasteiger partial charge in [-0.3, -0.25) is 0 Å². The van der Waals surface area contributed by atoms with Crippen LogP contribution in [0.4, 0.5) is 5.69 Å². The zero-order chi connectivity index (χ0) is 14.7. The average Bonchev–Trinajstić information content (AvgIpc) is 2.86. The Morgan fingerprint density at radius 1 is 1.24 bits per heavy atom. The first kappa shape index (κ1) is 14.9. The molecular weight excluding hydrogens is 260 g/mol. The first-order valence-corrected chi connectivity index (χ1v) is 8.38. The molecule has 0 saturated heterocycles. The number of nitrogens with zero attached hydrogens (tertiary/aromatic N) is 1. The van der Waals surface area contributed by atoms with Crippen molar-refractivity contribution in [2.45, 2.75) is 57.7 Å². The van der Waals surface area contributed by atoms with Gasteiger partial charge in [0.2, 0.25) is 0 Å².